The highest BCUT2D eigenvalue weighted by molar-refractivity contribution is 5.81. The molecule has 4 nitrogen and oxygen atoms in total. The summed E-state index contributed by atoms with van der Waals surface area (Å²) in [6.45, 7) is 2.74. The van der Waals surface area contributed by atoms with Crippen molar-refractivity contribution in [1.29, 1.82) is 0 Å². The number of hydrogen-bond donors (Lipinski definition) is 2. The molecule has 0 saturated carbocycles. The van der Waals surface area contributed by atoms with E-state index in [-0.39, 0.29) is 5.82 Å². The van der Waals surface area contributed by atoms with Gasteiger partial charge in [-0.05, 0) is 49.4 Å². The van der Waals surface area contributed by atoms with Crippen molar-refractivity contribution in [2.24, 2.45) is 0 Å². The van der Waals surface area contributed by atoms with Crippen LogP contribution in [0.25, 0.3) is 11.0 Å². The van der Waals surface area contributed by atoms with Gasteiger partial charge >= 0.3 is 0 Å². The molecule has 0 fully saturated rings. The molecule has 1 heterocycles. The third-order valence-corrected chi connectivity index (χ3v) is 3.20. The van der Waals surface area contributed by atoms with Gasteiger partial charge in [0, 0.05) is 17.9 Å². The first-order chi connectivity index (χ1) is 9.67. The molecule has 3 aromatic rings. The Labute approximate surface area is 116 Å². The van der Waals surface area contributed by atoms with E-state index in [9.17, 15) is 4.39 Å². The lowest BCUT2D eigenvalue weighted by Gasteiger charge is -2.19. The van der Waals surface area contributed by atoms with Crippen LogP contribution in [0.2, 0.25) is 0 Å². The van der Waals surface area contributed by atoms with Crippen molar-refractivity contribution in [3.63, 3.8) is 0 Å². The number of nitrogen functional groups attached to an aromatic ring is 1. The molecule has 3 rings (SSSR count). The number of nitrogens with two attached hydrogens (primary N) is 1. The minimum absolute atomic E-state index is 0.248. The Kier molecular flexibility index (Phi) is 3.02. The molecule has 0 aliphatic rings. The van der Waals surface area contributed by atoms with E-state index in [4.69, 9.17) is 5.73 Å². The maximum atomic E-state index is 13.0. The quantitative estimate of drug-likeness (QED) is 0.717. The van der Waals surface area contributed by atoms with Crippen molar-refractivity contribution in [2.45, 2.75) is 6.92 Å². The van der Waals surface area contributed by atoms with Crippen molar-refractivity contribution in [3.8, 4) is 0 Å². The Bertz CT molecular complexity index is 733. The fourth-order valence-electron chi connectivity index (χ4n) is 2.22. The minimum Gasteiger partial charge on any atom is -0.399 e. The molecular weight excluding hydrogens is 255 g/mol. The summed E-state index contributed by atoms with van der Waals surface area (Å²) in [6, 6.07) is 11.9. The van der Waals surface area contributed by atoms with Crippen LogP contribution in [0.5, 0.6) is 0 Å². The van der Waals surface area contributed by atoms with Gasteiger partial charge in [0.05, 0.1) is 11.0 Å². The number of imidazole rings is 1. The molecule has 0 radical (unpaired) electrons. The highest BCUT2D eigenvalue weighted by atomic mass is 19.1. The summed E-state index contributed by atoms with van der Waals surface area (Å²) in [5.74, 6) is 0.474. The van der Waals surface area contributed by atoms with Gasteiger partial charge in [-0.15, -0.1) is 0 Å². The van der Waals surface area contributed by atoms with Crippen LogP contribution in [0.4, 0.5) is 21.7 Å². The van der Waals surface area contributed by atoms with Crippen LogP contribution in [-0.2, 0) is 0 Å². The minimum atomic E-state index is -0.248. The van der Waals surface area contributed by atoms with Crippen molar-refractivity contribution < 1.29 is 4.39 Å². The Morgan fingerprint density at radius 1 is 1.20 bits per heavy atom. The number of fused-ring (bicyclic) bond motifs is 1. The average Bonchev–Trinajstić information content (AvgIpc) is 2.84. The number of aromatic nitrogens is 2. The molecule has 0 bridgehead atoms. The van der Waals surface area contributed by atoms with Gasteiger partial charge in [-0.2, -0.15) is 0 Å². The lowest BCUT2D eigenvalue weighted by atomic mass is 10.3. The van der Waals surface area contributed by atoms with Gasteiger partial charge in [0.25, 0.3) is 0 Å². The maximum absolute atomic E-state index is 13.0. The fraction of sp³-hybridized carbons (Fsp3) is 0.133. The zero-order valence-corrected chi connectivity index (χ0v) is 11.1. The molecule has 102 valence electrons. The van der Waals surface area contributed by atoms with E-state index in [1.165, 1.54) is 12.1 Å². The number of benzene rings is 2. The van der Waals surface area contributed by atoms with Crippen LogP contribution < -0.4 is 10.6 Å². The summed E-state index contributed by atoms with van der Waals surface area (Å²) >= 11 is 0. The van der Waals surface area contributed by atoms with Gasteiger partial charge in [0.2, 0.25) is 5.95 Å². The van der Waals surface area contributed by atoms with Gasteiger partial charge in [0.1, 0.15) is 5.82 Å². The maximum Gasteiger partial charge on any atom is 0.208 e. The topological polar surface area (TPSA) is 57.9 Å². The molecule has 20 heavy (non-hydrogen) atoms. The number of rotatable bonds is 3. The normalized spacial score (nSPS) is 10.9. The van der Waals surface area contributed by atoms with E-state index < -0.39 is 0 Å². The van der Waals surface area contributed by atoms with E-state index in [0.29, 0.717) is 5.69 Å². The first kappa shape index (κ1) is 12.5. The molecule has 0 unspecified atom stereocenters. The van der Waals surface area contributed by atoms with Crippen LogP contribution in [0.1, 0.15) is 6.92 Å². The van der Waals surface area contributed by atoms with Crippen LogP contribution >= 0.6 is 0 Å². The predicted octanol–water partition coefficient (Wildman–Crippen LogP) is 3.44. The van der Waals surface area contributed by atoms with Gasteiger partial charge in [-0.25, -0.2) is 9.37 Å². The zero-order valence-electron chi connectivity index (χ0n) is 11.1. The number of aromatic amines is 1. The molecule has 3 N–H and O–H groups in total. The highest BCUT2D eigenvalue weighted by Gasteiger charge is 2.12. The third kappa shape index (κ3) is 2.18. The number of hydrogen-bond acceptors (Lipinski definition) is 3. The van der Waals surface area contributed by atoms with Crippen LogP contribution in [0.15, 0.2) is 42.5 Å². The smallest absolute Gasteiger partial charge is 0.208 e. The van der Waals surface area contributed by atoms with Gasteiger partial charge in [0.15, 0.2) is 0 Å². The second-order valence-corrected chi connectivity index (χ2v) is 4.56. The van der Waals surface area contributed by atoms with Crippen LogP contribution in [0.3, 0.4) is 0 Å². The second-order valence-electron chi connectivity index (χ2n) is 4.56. The summed E-state index contributed by atoms with van der Waals surface area (Å²) in [5.41, 5.74) is 9.09. The number of nitrogens with one attached hydrogen (secondary N) is 1. The van der Waals surface area contributed by atoms with Crippen molar-refractivity contribution >= 4 is 28.4 Å². The molecule has 0 amide bonds. The summed E-state index contributed by atoms with van der Waals surface area (Å²) < 4.78 is 13.0. The predicted molar refractivity (Wildman–Crippen MR) is 79.6 cm³/mol. The second kappa shape index (κ2) is 4.85. The molecule has 5 heteroatoms. The first-order valence-electron chi connectivity index (χ1n) is 6.45. The van der Waals surface area contributed by atoms with Gasteiger partial charge in [-0.1, -0.05) is 0 Å². The summed E-state index contributed by atoms with van der Waals surface area (Å²) in [5, 5.41) is 0. The van der Waals surface area contributed by atoms with Crippen molar-refractivity contribution in [2.75, 3.05) is 17.2 Å². The van der Waals surface area contributed by atoms with Crippen molar-refractivity contribution in [1.82, 2.24) is 9.97 Å². The monoisotopic (exact) mass is 270 g/mol. The van der Waals surface area contributed by atoms with Crippen LogP contribution in [-0.4, -0.2) is 16.5 Å². The molecule has 2 aromatic carbocycles. The SMILES string of the molecule is CCN(c1ccc(F)cc1)c1nc2ccc(N)cc2[nH]1. The summed E-state index contributed by atoms with van der Waals surface area (Å²) in [7, 11) is 0. The molecule has 1 aromatic heterocycles. The number of nitrogens with zero attached hydrogens (tertiary/aromatic N) is 2. The molecule has 0 atom stereocenters. The van der Waals surface area contributed by atoms with Gasteiger partial charge < -0.3 is 15.6 Å². The Morgan fingerprint density at radius 3 is 2.65 bits per heavy atom. The van der Waals surface area contributed by atoms with Gasteiger partial charge in [-0.3, -0.25) is 0 Å². The number of anilines is 3. The number of H-pyrrole nitrogens is 1. The van der Waals surface area contributed by atoms with E-state index in [1.807, 2.05) is 30.0 Å². The average molecular weight is 270 g/mol. The summed E-state index contributed by atoms with van der Waals surface area (Å²) in [6.07, 6.45) is 0. The zero-order chi connectivity index (χ0) is 14.1. The van der Waals surface area contributed by atoms with E-state index in [1.54, 1.807) is 12.1 Å². The molecule has 0 aliphatic heterocycles. The Balaban J connectivity index is 2.04. The number of halogens is 1. The van der Waals surface area contributed by atoms with E-state index in [2.05, 4.69) is 9.97 Å². The molecule has 0 aliphatic carbocycles. The fourth-order valence-corrected chi connectivity index (χ4v) is 2.22. The standard InChI is InChI=1S/C15H15FN4/c1-2-20(12-6-3-10(16)4-7-12)15-18-13-8-5-11(17)9-14(13)19-15/h3-9H,2,17H2,1H3,(H,18,19). The third-order valence-electron chi connectivity index (χ3n) is 3.20. The van der Waals surface area contributed by atoms with E-state index >= 15 is 0 Å². The molecule has 0 saturated heterocycles. The largest absolute Gasteiger partial charge is 0.399 e. The Hall–Kier alpha value is -2.56. The Morgan fingerprint density at radius 2 is 1.95 bits per heavy atom. The highest BCUT2D eigenvalue weighted by Crippen LogP contribution is 2.25. The van der Waals surface area contributed by atoms with Crippen LogP contribution in [0, 0.1) is 5.82 Å². The van der Waals surface area contributed by atoms with E-state index in [0.717, 1.165) is 29.2 Å². The lowest BCUT2D eigenvalue weighted by molar-refractivity contribution is 0.627. The van der Waals surface area contributed by atoms with Crippen molar-refractivity contribution in [3.05, 3.63) is 48.3 Å². The molecular formula is C15H15FN4. The summed E-state index contributed by atoms with van der Waals surface area (Å²) in [4.78, 5) is 9.77. The molecule has 0 spiro atoms. The lowest BCUT2D eigenvalue weighted by Crippen LogP contribution is -2.17. The first-order valence-corrected chi connectivity index (χ1v) is 6.45.